The number of halogens is 1. The molecule has 1 amide bonds. The number of carbonyl (C=O) groups excluding carboxylic acids is 1. The van der Waals surface area contributed by atoms with Gasteiger partial charge in [-0.05, 0) is 42.5 Å². The summed E-state index contributed by atoms with van der Waals surface area (Å²) in [6.45, 7) is 0. The van der Waals surface area contributed by atoms with Crippen molar-refractivity contribution in [2.24, 2.45) is 7.05 Å². The Kier molecular flexibility index (Phi) is 4.88. The van der Waals surface area contributed by atoms with Gasteiger partial charge in [0.25, 0.3) is 5.91 Å². The van der Waals surface area contributed by atoms with E-state index in [0.717, 1.165) is 5.56 Å². The molecule has 6 nitrogen and oxygen atoms in total. The zero-order valence-corrected chi connectivity index (χ0v) is 14.6. The Morgan fingerprint density at radius 3 is 2.62 bits per heavy atom. The lowest BCUT2D eigenvalue weighted by molar-refractivity contribution is 0.102. The second-order valence-electron chi connectivity index (χ2n) is 5.57. The van der Waals surface area contributed by atoms with Crippen LogP contribution in [0.25, 0.3) is 11.3 Å². The van der Waals surface area contributed by atoms with Crippen LogP contribution in [0.2, 0.25) is 0 Å². The molecule has 1 heterocycles. The van der Waals surface area contributed by atoms with Crippen LogP contribution in [0, 0.1) is 5.82 Å². The van der Waals surface area contributed by atoms with Crippen LogP contribution in [0.3, 0.4) is 0 Å². The van der Waals surface area contributed by atoms with E-state index in [1.165, 1.54) is 18.2 Å². The first-order chi connectivity index (χ1) is 12.5. The number of amides is 1. The molecule has 1 N–H and O–H groups in total. The van der Waals surface area contributed by atoms with Crippen molar-refractivity contribution in [2.75, 3.05) is 19.5 Å². The minimum atomic E-state index is -0.431. The number of aromatic nitrogens is 2. The molecule has 0 saturated carbocycles. The maximum atomic E-state index is 13.3. The molecule has 134 valence electrons. The smallest absolute Gasteiger partial charge is 0.276 e. The molecular weight excluding hydrogens is 337 g/mol. The summed E-state index contributed by atoms with van der Waals surface area (Å²) in [4.78, 5) is 12.4. The number of carbonyl (C=O) groups is 1. The number of anilines is 1. The molecule has 0 saturated heterocycles. The van der Waals surface area contributed by atoms with E-state index >= 15 is 0 Å². The first kappa shape index (κ1) is 17.5. The fraction of sp³-hybridized carbons (Fsp3) is 0.158. The predicted molar refractivity (Wildman–Crippen MR) is 96.1 cm³/mol. The van der Waals surface area contributed by atoms with E-state index < -0.39 is 11.7 Å². The van der Waals surface area contributed by atoms with E-state index in [0.29, 0.717) is 22.9 Å². The van der Waals surface area contributed by atoms with Crippen molar-refractivity contribution in [3.8, 4) is 22.8 Å². The van der Waals surface area contributed by atoms with E-state index in [2.05, 4.69) is 10.4 Å². The second-order valence-corrected chi connectivity index (χ2v) is 5.57. The van der Waals surface area contributed by atoms with Crippen molar-refractivity contribution in [3.05, 3.63) is 60.0 Å². The van der Waals surface area contributed by atoms with Crippen LogP contribution in [0.1, 0.15) is 10.5 Å². The topological polar surface area (TPSA) is 65.4 Å². The average Bonchev–Trinajstić information content (AvgIpc) is 3.03. The lowest BCUT2D eigenvalue weighted by Crippen LogP contribution is -2.13. The van der Waals surface area contributed by atoms with Gasteiger partial charge in [-0.1, -0.05) is 6.07 Å². The van der Waals surface area contributed by atoms with E-state index in [4.69, 9.17) is 9.47 Å². The minimum Gasteiger partial charge on any atom is -0.497 e. The summed E-state index contributed by atoms with van der Waals surface area (Å²) < 4.78 is 25.5. The summed E-state index contributed by atoms with van der Waals surface area (Å²) in [5, 5.41) is 6.88. The first-order valence-corrected chi connectivity index (χ1v) is 7.85. The Balaban J connectivity index is 1.93. The lowest BCUT2D eigenvalue weighted by Gasteiger charge is -2.10. The summed E-state index contributed by atoms with van der Waals surface area (Å²) in [5.74, 6) is 0.434. The highest BCUT2D eigenvalue weighted by Crippen LogP contribution is 2.33. The van der Waals surface area contributed by atoms with Gasteiger partial charge in [-0.15, -0.1) is 0 Å². The maximum absolute atomic E-state index is 13.3. The molecule has 0 unspecified atom stereocenters. The van der Waals surface area contributed by atoms with Crippen molar-refractivity contribution in [2.45, 2.75) is 0 Å². The van der Waals surface area contributed by atoms with Crippen LogP contribution in [0.4, 0.5) is 10.1 Å². The van der Waals surface area contributed by atoms with Crippen molar-refractivity contribution >= 4 is 11.6 Å². The van der Waals surface area contributed by atoms with Crippen LogP contribution in [-0.2, 0) is 7.05 Å². The molecule has 2 aromatic carbocycles. The Labute approximate surface area is 150 Å². The van der Waals surface area contributed by atoms with E-state index in [1.807, 2.05) is 6.07 Å². The molecule has 3 rings (SSSR count). The average molecular weight is 355 g/mol. The first-order valence-electron chi connectivity index (χ1n) is 7.85. The molecule has 0 radical (unpaired) electrons. The summed E-state index contributed by atoms with van der Waals surface area (Å²) in [7, 11) is 4.87. The van der Waals surface area contributed by atoms with Gasteiger partial charge in [0, 0.05) is 18.3 Å². The number of hydrogen-bond donors (Lipinski definition) is 1. The number of rotatable bonds is 5. The maximum Gasteiger partial charge on any atom is 0.276 e. The Bertz CT molecular complexity index is 953. The molecule has 0 aliphatic carbocycles. The van der Waals surface area contributed by atoms with Gasteiger partial charge >= 0.3 is 0 Å². The molecule has 0 aliphatic rings. The number of nitrogens with one attached hydrogen (secondary N) is 1. The second kappa shape index (κ2) is 7.26. The number of hydrogen-bond acceptors (Lipinski definition) is 4. The molecule has 3 aromatic rings. The Hall–Kier alpha value is -3.35. The third-order valence-corrected chi connectivity index (χ3v) is 3.88. The van der Waals surface area contributed by atoms with Gasteiger partial charge in [-0.25, -0.2) is 4.39 Å². The third-order valence-electron chi connectivity index (χ3n) is 3.88. The van der Waals surface area contributed by atoms with Gasteiger partial charge in [0.1, 0.15) is 17.3 Å². The fourth-order valence-corrected chi connectivity index (χ4v) is 2.61. The van der Waals surface area contributed by atoms with Gasteiger partial charge in [0.05, 0.1) is 19.9 Å². The molecule has 0 spiro atoms. The number of benzene rings is 2. The van der Waals surface area contributed by atoms with Gasteiger partial charge in [-0.3, -0.25) is 9.48 Å². The number of aryl methyl sites for hydroxylation is 1. The normalized spacial score (nSPS) is 10.5. The molecule has 0 bridgehead atoms. The van der Waals surface area contributed by atoms with Crippen LogP contribution in [-0.4, -0.2) is 29.9 Å². The van der Waals surface area contributed by atoms with E-state index in [-0.39, 0.29) is 5.69 Å². The number of nitrogens with zero attached hydrogens (tertiary/aromatic N) is 2. The zero-order chi connectivity index (χ0) is 18.7. The molecular formula is C19H18FN3O3. The van der Waals surface area contributed by atoms with Gasteiger partial charge in [0.15, 0.2) is 5.69 Å². The molecule has 7 heteroatoms. The third kappa shape index (κ3) is 3.51. The molecule has 0 aliphatic heterocycles. The van der Waals surface area contributed by atoms with Crippen LogP contribution >= 0.6 is 0 Å². The number of ether oxygens (including phenoxy) is 2. The fourth-order valence-electron chi connectivity index (χ4n) is 2.61. The number of methoxy groups -OCH3 is 2. The summed E-state index contributed by atoms with van der Waals surface area (Å²) >= 11 is 0. The van der Waals surface area contributed by atoms with Crippen molar-refractivity contribution < 1.29 is 18.7 Å². The van der Waals surface area contributed by atoms with E-state index in [9.17, 15) is 9.18 Å². The molecule has 1 aromatic heterocycles. The van der Waals surface area contributed by atoms with Gasteiger partial charge in [-0.2, -0.15) is 5.10 Å². The molecule has 0 fully saturated rings. The SMILES string of the molecule is COc1ccc(OC)c(-c2cc(C(=O)Nc3cccc(F)c3)nn2C)c1. The predicted octanol–water partition coefficient (Wildman–Crippen LogP) is 3.50. The van der Waals surface area contributed by atoms with Crippen LogP contribution in [0.5, 0.6) is 11.5 Å². The van der Waals surface area contributed by atoms with Crippen LogP contribution in [0.15, 0.2) is 48.5 Å². The van der Waals surface area contributed by atoms with Crippen molar-refractivity contribution in [1.82, 2.24) is 9.78 Å². The highest BCUT2D eigenvalue weighted by atomic mass is 19.1. The molecule has 26 heavy (non-hydrogen) atoms. The van der Waals surface area contributed by atoms with E-state index in [1.54, 1.807) is 50.2 Å². The minimum absolute atomic E-state index is 0.205. The summed E-state index contributed by atoms with van der Waals surface area (Å²) in [6.07, 6.45) is 0. The summed E-state index contributed by atoms with van der Waals surface area (Å²) in [5.41, 5.74) is 1.99. The van der Waals surface area contributed by atoms with Gasteiger partial charge < -0.3 is 14.8 Å². The highest BCUT2D eigenvalue weighted by molar-refractivity contribution is 6.03. The zero-order valence-electron chi connectivity index (χ0n) is 14.6. The lowest BCUT2D eigenvalue weighted by atomic mass is 10.1. The van der Waals surface area contributed by atoms with Crippen LogP contribution < -0.4 is 14.8 Å². The highest BCUT2D eigenvalue weighted by Gasteiger charge is 2.17. The standard InChI is InChI=1S/C19H18FN3O3/c1-23-17(15-10-14(25-2)7-8-18(15)26-3)11-16(22-23)19(24)21-13-6-4-5-12(20)9-13/h4-11H,1-3H3,(H,21,24). The Morgan fingerprint density at radius 1 is 1.12 bits per heavy atom. The van der Waals surface area contributed by atoms with Gasteiger partial charge in [0.2, 0.25) is 0 Å². The Morgan fingerprint density at radius 2 is 1.92 bits per heavy atom. The summed E-state index contributed by atoms with van der Waals surface area (Å²) in [6, 6.07) is 12.7. The largest absolute Gasteiger partial charge is 0.497 e. The van der Waals surface area contributed by atoms with Crippen molar-refractivity contribution in [1.29, 1.82) is 0 Å². The quantitative estimate of drug-likeness (QED) is 0.761. The van der Waals surface area contributed by atoms with Crippen molar-refractivity contribution in [3.63, 3.8) is 0 Å². The monoisotopic (exact) mass is 355 g/mol. The molecule has 0 atom stereocenters.